The van der Waals surface area contributed by atoms with E-state index in [1.165, 1.54) is 11.0 Å². The zero-order valence-corrected chi connectivity index (χ0v) is 25.1. The average Bonchev–Trinajstić information content (AvgIpc) is 2.90. The molecule has 0 fully saturated rings. The zero-order valence-electron chi connectivity index (χ0n) is 25.1. The van der Waals surface area contributed by atoms with Crippen LogP contribution in [0.3, 0.4) is 0 Å². The molecule has 1 amide bonds. The van der Waals surface area contributed by atoms with Crippen molar-refractivity contribution in [3.8, 4) is 16.9 Å². The van der Waals surface area contributed by atoms with E-state index in [0.717, 1.165) is 29.8 Å². The lowest BCUT2D eigenvalue weighted by Gasteiger charge is -2.50. The summed E-state index contributed by atoms with van der Waals surface area (Å²) in [5.41, 5.74) is 5.05. The molecule has 0 radical (unpaired) electrons. The highest BCUT2D eigenvalue weighted by Crippen LogP contribution is 2.53. The number of rotatable bonds is 6. The lowest BCUT2D eigenvalue weighted by atomic mass is 9.58. The standard InChI is InChI=1S/C33H39N3O7/c1-32(2,3)12-13-35-18-8-6-16(7-9-18)19-10-11-22(37)24-20(19)14-17-15-21-26(36(4)5)28(39)25(31(34)42)30(41)33(21,43)29(40)23(17)27(24)38/h6-11,17,21,26,35,37,39-40,43H,12-15H2,1-5H3,(H2,34,42)/t17-,21-,26?,33-/m0/s1. The number of amides is 1. The molecule has 7 N–H and O–H groups in total. The van der Waals surface area contributed by atoms with E-state index in [2.05, 4.69) is 26.1 Å². The Morgan fingerprint density at radius 2 is 1.72 bits per heavy atom. The summed E-state index contributed by atoms with van der Waals surface area (Å²) >= 11 is 0. The molecule has 10 nitrogen and oxygen atoms in total. The average molecular weight is 590 g/mol. The summed E-state index contributed by atoms with van der Waals surface area (Å²) < 4.78 is 0. The predicted molar refractivity (Wildman–Crippen MR) is 162 cm³/mol. The van der Waals surface area contributed by atoms with Gasteiger partial charge in [0.1, 0.15) is 22.8 Å². The predicted octanol–water partition coefficient (Wildman–Crippen LogP) is 3.64. The Morgan fingerprint density at radius 3 is 2.30 bits per heavy atom. The number of benzene rings is 2. The number of nitrogens with one attached hydrogen (secondary N) is 1. The first kappa shape index (κ1) is 30.3. The highest BCUT2D eigenvalue weighted by molar-refractivity contribution is 6.24. The first-order valence-electron chi connectivity index (χ1n) is 14.4. The van der Waals surface area contributed by atoms with Gasteiger partial charge >= 0.3 is 0 Å². The van der Waals surface area contributed by atoms with Gasteiger partial charge in [0.25, 0.3) is 5.91 Å². The van der Waals surface area contributed by atoms with E-state index in [1.807, 2.05) is 24.3 Å². The van der Waals surface area contributed by atoms with Crippen LogP contribution in [0.15, 0.2) is 59.1 Å². The number of fused-ring (bicyclic) bond motifs is 3. The van der Waals surface area contributed by atoms with Crippen molar-refractivity contribution >= 4 is 23.2 Å². The lowest BCUT2D eigenvalue weighted by molar-refractivity contribution is -0.148. The minimum atomic E-state index is -2.66. The van der Waals surface area contributed by atoms with Gasteiger partial charge in [-0.15, -0.1) is 0 Å². The summed E-state index contributed by atoms with van der Waals surface area (Å²) in [4.78, 5) is 41.1. The lowest BCUT2D eigenvalue weighted by Crippen LogP contribution is -2.63. The van der Waals surface area contributed by atoms with Gasteiger partial charge in [-0.25, -0.2) is 0 Å². The topological polar surface area (TPSA) is 173 Å². The van der Waals surface area contributed by atoms with E-state index in [0.29, 0.717) is 5.56 Å². The number of nitrogens with two attached hydrogens (primary N) is 1. The van der Waals surface area contributed by atoms with Crippen molar-refractivity contribution in [2.45, 2.75) is 51.7 Å². The SMILES string of the molecule is CN(C)C1C(O)=C(C(N)=O)C(=O)[C@@]2(O)C(O)=C3C(=O)c4c(O)ccc(-c5ccc(NCCC(C)(C)C)cc5)c4C[C@H]3C[C@@H]12. The number of phenols is 1. The molecule has 0 saturated carbocycles. The molecule has 228 valence electrons. The third-order valence-corrected chi connectivity index (χ3v) is 9.01. The van der Waals surface area contributed by atoms with Gasteiger partial charge in [-0.2, -0.15) is 0 Å². The second kappa shape index (κ2) is 10.5. The largest absolute Gasteiger partial charge is 0.510 e. The number of phenolic OH excluding ortho intramolecular Hbond substituents is 1. The molecule has 43 heavy (non-hydrogen) atoms. The van der Waals surface area contributed by atoms with E-state index >= 15 is 0 Å². The summed E-state index contributed by atoms with van der Waals surface area (Å²) in [6.07, 6.45) is 1.27. The van der Waals surface area contributed by atoms with Gasteiger partial charge in [0, 0.05) is 23.7 Å². The molecule has 2 aromatic rings. The molecule has 3 aliphatic rings. The number of likely N-dealkylation sites (N-methyl/N-ethyl adjacent to an activating group) is 1. The Hall–Kier alpha value is -4.15. The summed E-state index contributed by atoms with van der Waals surface area (Å²) in [5.74, 6) is -6.66. The number of hydrogen-bond acceptors (Lipinski definition) is 9. The van der Waals surface area contributed by atoms with E-state index in [-0.39, 0.29) is 35.1 Å². The number of aromatic hydroxyl groups is 1. The van der Waals surface area contributed by atoms with Gasteiger partial charge in [0.2, 0.25) is 5.78 Å². The maximum atomic E-state index is 14.0. The third kappa shape index (κ3) is 4.88. The molecule has 3 aliphatic carbocycles. The number of nitrogens with zero attached hydrogens (tertiary/aromatic N) is 1. The number of anilines is 1. The van der Waals surface area contributed by atoms with Gasteiger partial charge in [0.05, 0.1) is 11.6 Å². The summed E-state index contributed by atoms with van der Waals surface area (Å²) in [6.45, 7) is 7.38. The zero-order chi connectivity index (χ0) is 31.6. The smallest absolute Gasteiger partial charge is 0.255 e. The molecule has 1 unspecified atom stereocenters. The monoisotopic (exact) mass is 589 g/mol. The third-order valence-electron chi connectivity index (χ3n) is 9.01. The summed E-state index contributed by atoms with van der Waals surface area (Å²) in [6, 6.07) is 9.93. The van der Waals surface area contributed by atoms with Crippen molar-refractivity contribution in [3.05, 3.63) is 70.2 Å². The summed E-state index contributed by atoms with van der Waals surface area (Å²) in [5, 5.41) is 48.4. The van der Waals surface area contributed by atoms with Crippen LogP contribution in [0, 0.1) is 17.3 Å². The van der Waals surface area contributed by atoms with Crippen LogP contribution in [0.2, 0.25) is 0 Å². The molecule has 5 rings (SSSR count). The molecular weight excluding hydrogens is 550 g/mol. The molecule has 0 saturated heterocycles. The number of allylic oxidation sites excluding steroid dienone is 1. The fraction of sp³-hybridized carbons (Fsp3) is 0.424. The second-order valence-electron chi connectivity index (χ2n) is 13.3. The Kier molecular flexibility index (Phi) is 7.43. The van der Waals surface area contributed by atoms with Crippen LogP contribution in [-0.2, 0) is 16.0 Å². The highest BCUT2D eigenvalue weighted by Gasteiger charge is 2.63. The number of primary amides is 1. The van der Waals surface area contributed by atoms with Gasteiger partial charge in [-0.1, -0.05) is 39.0 Å². The number of Topliss-reactive ketones (excluding diaryl/α,β-unsaturated/α-hetero) is 2. The van der Waals surface area contributed by atoms with Crippen LogP contribution in [0.25, 0.3) is 11.1 Å². The van der Waals surface area contributed by atoms with E-state index in [9.17, 15) is 34.8 Å². The maximum absolute atomic E-state index is 14.0. The molecular formula is C33H39N3O7. The molecule has 0 aliphatic heterocycles. The Balaban J connectivity index is 1.57. The van der Waals surface area contributed by atoms with Crippen LogP contribution in [-0.4, -0.2) is 75.1 Å². The van der Waals surface area contributed by atoms with Crippen LogP contribution in [0.5, 0.6) is 5.75 Å². The van der Waals surface area contributed by atoms with Gasteiger partial charge < -0.3 is 31.5 Å². The second-order valence-corrected chi connectivity index (χ2v) is 13.3. The number of carbonyl (C=O) groups is 3. The first-order valence-corrected chi connectivity index (χ1v) is 14.4. The fourth-order valence-corrected chi connectivity index (χ4v) is 6.87. The normalized spacial score (nSPS) is 25.4. The Labute approximate surface area is 250 Å². The molecule has 0 aromatic heterocycles. The quantitative estimate of drug-likeness (QED) is 0.275. The van der Waals surface area contributed by atoms with E-state index in [1.54, 1.807) is 20.2 Å². The van der Waals surface area contributed by atoms with Gasteiger partial charge in [-0.05, 0) is 79.6 Å². The van der Waals surface area contributed by atoms with Gasteiger partial charge in [-0.3, -0.25) is 19.3 Å². The number of aliphatic hydroxyl groups excluding tert-OH is 2. The van der Waals surface area contributed by atoms with Crippen LogP contribution >= 0.6 is 0 Å². The number of hydrogen-bond donors (Lipinski definition) is 6. The van der Waals surface area contributed by atoms with Gasteiger partial charge in [0.15, 0.2) is 11.4 Å². The van der Waals surface area contributed by atoms with Crippen molar-refractivity contribution in [2.24, 2.45) is 23.0 Å². The number of ketones is 2. The molecule has 4 atom stereocenters. The Bertz CT molecular complexity index is 1580. The summed E-state index contributed by atoms with van der Waals surface area (Å²) in [7, 11) is 3.20. The van der Waals surface area contributed by atoms with Crippen molar-refractivity contribution in [1.29, 1.82) is 0 Å². The number of aliphatic hydroxyl groups is 3. The molecule has 0 spiro atoms. The maximum Gasteiger partial charge on any atom is 0.255 e. The molecule has 10 heteroatoms. The van der Waals surface area contributed by atoms with Crippen LogP contribution in [0.4, 0.5) is 5.69 Å². The fourth-order valence-electron chi connectivity index (χ4n) is 6.87. The first-order chi connectivity index (χ1) is 20.1. The van der Waals surface area contributed by atoms with Crippen LogP contribution in [0.1, 0.15) is 49.5 Å². The molecule has 2 aromatic carbocycles. The van der Waals surface area contributed by atoms with E-state index in [4.69, 9.17) is 5.73 Å². The van der Waals surface area contributed by atoms with Crippen molar-refractivity contribution in [2.75, 3.05) is 26.0 Å². The van der Waals surface area contributed by atoms with Crippen molar-refractivity contribution in [3.63, 3.8) is 0 Å². The Morgan fingerprint density at radius 1 is 1.07 bits per heavy atom. The highest BCUT2D eigenvalue weighted by atomic mass is 16.3. The van der Waals surface area contributed by atoms with Crippen molar-refractivity contribution < 1.29 is 34.8 Å². The van der Waals surface area contributed by atoms with E-state index < -0.39 is 58.0 Å². The molecule has 0 bridgehead atoms. The van der Waals surface area contributed by atoms with Crippen molar-refractivity contribution in [1.82, 2.24) is 4.90 Å². The van der Waals surface area contributed by atoms with Crippen LogP contribution < -0.4 is 11.1 Å². The number of carbonyl (C=O) groups excluding carboxylic acids is 3. The minimum absolute atomic E-state index is 0.00865. The molecule has 0 heterocycles. The minimum Gasteiger partial charge on any atom is -0.510 e.